The van der Waals surface area contributed by atoms with Gasteiger partial charge in [-0.05, 0) is 31.4 Å². The van der Waals surface area contributed by atoms with Crippen molar-refractivity contribution in [3.8, 4) is 11.6 Å². The first-order valence-corrected chi connectivity index (χ1v) is 11.0. The van der Waals surface area contributed by atoms with Crippen LogP contribution in [0.15, 0.2) is 47.4 Å². The van der Waals surface area contributed by atoms with E-state index < -0.39 is 0 Å². The van der Waals surface area contributed by atoms with Gasteiger partial charge in [0.25, 0.3) is 5.56 Å². The van der Waals surface area contributed by atoms with Crippen molar-refractivity contribution >= 4 is 22.8 Å². The van der Waals surface area contributed by atoms with Crippen molar-refractivity contribution in [2.45, 2.75) is 45.4 Å². The number of rotatable bonds is 6. The van der Waals surface area contributed by atoms with E-state index in [4.69, 9.17) is 0 Å². The highest BCUT2D eigenvalue weighted by molar-refractivity contribution is 5.90. The number of anilines is 1. The second-order valence-corrected chi connectivity index (χ2v) is 8.34. The van der Waals surface area contributed by atoms with E-state index in [1.165, 1.54) is 36.6 Å². The Balaban J connectivity index is 1.46. The molecular weight excluding hydrogens is 406 g/mol. The topological polar surface area (TPSA) is 110 Å². The molecule has 1 fully saturated rings. The predicted octanol–water partition coefficient (Wildman–Crippen LogP) is 3.51. The first-order valence-electron chi connectivity index (χ1n) is 11.0. The maximum atomic E-state index is 12.7. The van der Waals surface area contributed by atoms with E-state index >= 15 is 0 Å². The molecule has 9 heteroatoms. The van der Waals surface area contributed by atoms with Gasteiger partial charge in [-0.25, -0.2) is 4.68 Å². The van der Waals surface area contributed by atoms with Crippen LogP contribution in [0, 0.1) is 12.8 Å². The molecule has 1 saturated carbocycles. The molecular formula is C23H25N7O2. The Bertz CT molecular complexity index is 1310. The number of benzene rings is 1. The zero-order chi connectivity index (χ0) is 22.1. The highest BCUT2D eigenvalue weighted by atomic mass is 16.1. The fourth-order valence-corrected chi connectivity index (χ4v) is 4.35. The molecule has 4 aromatic rings. The van der Waals surface area contributed by atoms with E-state index in [1.807, 2.05) is 37.3 Å². The van der Waals surface area contributed by atoms with Crippen LogP contribution in [-0.2, 0) is 4.79 Å². The summed E-state index contributed by atoms with van der Waals surface area (Å²) >= 11 is 0. The molecule has 0 radical (unpaired) electrons. The van der Waals surface area contributed by atoms with Crippen molar-refractivity contribution in [2.75, 3.05) is 5.32 Å². The second kappa shape index (κ2) is 8.41. The third-order valence-corrected chi connectivity index (χ3v) is 5.98. The molecule has 0 bridgehead atoms. The van der Waals surface area contributed by atoms with Crippen LogP contribution in [0.3, 0.4) is 0 Å². The molecule has 0 spiro atoms. The maximum Gasteiger partial charge on any atom is 0.263 e. The van der Waals surface area contributed by atoms with Crippen LogP contribution in [0.4, 0.5) is 5.82 Å². The van der Waals surface area contributed by atoms with Crippen LogP contribution in [0.5, 0.6) is 0 Å². The van der Waals surface area contributed by atoms with Crippen molar-refractivity contribution in [3.63, 3.8) is 0 Å². The first-order chi connectivity index (χ1) is 15.6. The monoisotopic (exact) mass is 431 g/mol. The van der Waals surface area contributed by atoms with Gasteiger partial charge in [0.1, 0.15) is 11.2 Å². The molecule has 9 nitrogen and oxygen atoms in total. The molecule has 32 heavy (non-hydrogen) atoms. The van der Waals surface area contributed by atoms with E-state index in [0.717, 1.165) is 12.1 Å². The molecule has 1 amide bonds. The summed E-state index contributed by atoms with van der Waals surface area (Å²) in [5.74, 6) is 1.29. The lowest BCUT2D eigenvalue weighted by Gasteiger charge is -2.10. The third kappa shape index (κ3) is 3.93. The number of amides is 1. The molecule has 164 valence electrons. The fraction of sp³-hybridized carbons (Fsp3) is 0.348. The second-order valence-electron chi connectivity index (χ2n) is 8.34. The lowest BCUT2D eigenvalue weighted by molar-refractivity contribution is -0.116. The zero-order valence-electron chi connectivity index (χ0n) is 17.9. The number of H-pyrrole nitrogens is 1. The summed E-state index contributed by atoms with van der Waals surface area (Å²) in [6, 6.07) is 11.3. The van der Waals surface area contributed by atoms with Crippen LogP contribution in [0.2, 0.25) is 0 Å². The Labute approximate surface area is 184 Å². The SMILES string of the molecule is Cc1cc(NC(=O)CCC2CCCC2)n(-c2nc3c(cnn3-c3ccccc3)c(=O)[nH]2)n1. The molecule has 5 rings (SSSR count). The van der Waals surface area contributed by atoms with E-state index in [0.29, 0.717) is 34.9 Å². The number of hydrogen-bond acceptors (Lipinski definition) is 5. The molecule has 3 heterocycles. The standard InChI is InChI=1S/C23H25N7O2/c1-15-13-19(25-20(31)12-11-16-7-5-6-8-16)30(28-15)23-26-21-18(22(32)27-23)14-24-29(21)17-9-3-2-4-10-17/h2-4,9-10,13-14,16H,5-8,11-12H2,1H3,(H,25,31)(H,26,27,32). The predicted molar refractivity (Wildman–Crippen MR) is 121 cm³/mol. The molecule has 0 unspecified atom stereocenters. The molecule has 0 atom stereocenters. The van der Waals surface area contributed by atoms with E-state index in [1.54, 1.807) is 10.7 Å². The normalized spacial score (nSPS) is 14.3. The van der Waals surface area contributed by atoms with Crippen LogP contribution < -0.4 is 10.9 Å². The van der Waals surface area contributed by atoms with E-state index in [2.05, 4.69) is 25.5 Å². The lowest BCUT2D eigenvalue weighted by Crippen LogP contribution is -2.19. The Morgan fingerprint density at radius 2 is 1.97 bits per heavy atom. The van der Waals surface area contributed by atoms with Gasteiger partial charge >= 0.3 is 0 Å². The number of aryl methyl sites for hydroxylation is 1. The van der Waals surface area contributed by atoms with Crippen molar-refractivity contribution in [2.24, 2.45) is 5.92 Å². The summed E-state index contributed by atoms with van der Waals surface area (Å²) in [4.78, 5) is 32.7. The minimum absolute atomic E-state index is 0.0594. The van der Waals surface area contributed by atoms with Gasteiger partial charge in [-0.1, -0.05) is 43.9 Å². The number of nitrogens with one attached hydrogen (secondary N) is 2. The number of fused-ring (bicyclic) bond motifs is 1. The van der Waals surface area contributed by atoms with Crippen LogP contribution in [0.25, 0.3) is 22.7 Å². The summed E-state index contributed by atoms with van der Waals surface area (Å²) in [7, 11) is 0. The molecule has 1 aliphatic carbocycles. The van der Waals surface area contributed by atoms with Gasteiger partial charge in [0.05, 0.1) is 17.6 Å². The average Bonchev–Trinajstić information content (AvgIpc) is 3.53. The fourth-order valence-electron chi connectivity index (χ4n) is 4.35. The van der Waals surface area contributed by atoms with Gasteiger partial charge < -0.3 is 5.32 Å². The van der Waals surface area contributed by atoms with E-state index in [-0.39, 0.29) is 17.4 Å². The molecule has 0 saturated heterocycles. The number of hydrogen-bond donors (Lipinski definition) is 2. The summed E-state index contributed by atoms with van der Waals surface area (Å²) < 4.78 is 3.08. The Hall–Kier alpha value is -3.75. The maximum absolute atomic E-state index is 12.7. The van der Waals surface area contributed by atoms with Crippen molar-refractivity contribution in [1.82, 2.24) is 29.5 Å². The Morgan fingerprint density at radius 1 is 1.19 bits per heavy atom. The smallest absolute Gasteiger partial charge is 0.263 e. The molecule has 3 aromatic heterocycles. The van der Waals surface area contributed by atoms with Gasteiger partial charge in [-0.15, -0.1) is 0 Å². The van der Waals surface area contributed by atoms with E-state index in [9.17, 15) is 9.59 Å². The first kappa shape index (κ1) is 20.2. The van der Waals surface area contributed by atoms with Gasteiger partial charge in [0.15, 0.2) is 5.65 Å². The van der Waals surface area contributed by atoms with Crippen molar-refractivity contribution in [1.29, 1.82) is 0 Å². The number of carbonyl (C=O) groups excluding carboxylic acids is 1. The number of aromatic nitrogens is 6. The van der Waals surface area contributed by atoms with Gasteiger partial charge in [-0.3, -0.25) is 14.6 Å². The number of carbonyl (C=O) groups is 1. The average molecular weight is 432 g/mol. The number of aromatic amines is 1. The van der Waals surface area contributed by atoms with Crippen LogP contribution in [0.1, 0.15) is 44.2 Å². The van der Waals surface area contributed by atoms with Gasteiger partial charge in [0, 0.05) is 12.5 Å². The number of para-hydroxylation sites is 1. The quantitative estimate of drug-likeness (QED) is 0.485. The minimum Gasteiger partial charge on any atom is -0.310 e. The Morgan fingerprint density at radius 3 is 2.75 bits per heavy atom. The summed E-state index contributed by atoms with van der Waals surface area (Å²) in [6.07, 6.45) is 7.82. The molecule has 0 aliphatic heterocycles. The van der Waals surface area contributed by atoms with Crippen LogP contribution >= 0.6 is 0 Å². The van der Waals surface area contributed by atoms with Gasteiger partial charge in [0.2, 0.25) is 11.9 Å². The third-order valence-electron chi connectivity index (χ3n) is 5.98. The number of nitrogens with zero attached hydrogens (tertiary/aromatic N) is 5. The molecule has 1 aliphatic rings. The highest BCUT2D eigenvalue weighted by Gasteiger charge is 2.19. The zero-order valence-corrected chi connectivity index (χ0v) is 17.9. The highest BCUT2D eigenvalue weighted by Crippen LogP contribution is 2.28. The van der Waals surface area contributed by atoms with Crippen LogP contribution in [-0.4, -0.2) is 35.4 Å². The lowest BCUT2D eigenvalue weighted by atomic mass is 10.0. The molecule has 2 N–H and O–H groups in total. The molecule has 1 aromatic carbocycles. The van der Waals surface area contributed by atoms with Crippen molar-refractivity contribution < 1.29 is 4.79 Å². The Kier molecular flexibility index (Phi) is 5.30. The minimum atomic E-state index is -0.321. The van der Waals surface area contributed by atoms with Gasteiger partial charge in [-0.2, -0.15) is 19.9 Å². The van der Waals surface area contributed by atoms with Crippen molar-refractivity contribution in [3.05, 3.63) is 58.6 Å². The summed E-state index contributed by atoms with van der Waals surface area (Å²) in [6.45, 7) is 1.83. The summed E-state index contributed by atoms with van der Waals surface area (Å²) in [5.41, 5.74) is 1.60. The summed E-state index contributed by atoms with van der Waals surface area (Å²) in [5, 5.41) is 12.1. The largest absolute Gasteiger partial charge is 0.310 e.